The number of sulfonamides is 1. The molecular weight excluding hydrogens is 538 g/mol. The molecule has 2 atom stereocenters. The standard InChI is InChI=1S/C27H35N5O5S2/c1-18-13-19(2)15-32(14-18)39(35,36)25-20(3)38-26-24(25)27(34)31(17-28-26)16-23(33)30-11-9-29(10-12-30)21-5-7-22(37-4)8-6-21/h5-8,17-19H,9-16H2,1-4H3. The van der Waals surface area contributed by atoms with Gasteiger partial charge < -0.3 is 14.5 Å². The first kappa shape index (κ1) is 27.6. The number of aryl methyl sites for hydroxylation is 1. The fourth-order valence-corrected chi connectivity index (χ4v) is 9.07. The summed E-state index contributed by atoms with van der Waals surface area (Å²) in [4.78, 5) is 36.0. The lowest BCUT2D eigenvalue weighted by Crippen LogP contribution is -2.50. The molecule has 0 saturated carbocycles. The molecule has 0 radical (unpaired) electrons. The van der Waals surface area contributed by atoms with E-state index < -0.39 is 15.6 Å². The molecule has 0 N–H and O–H groups in total. The van der Waals surface area contributed by atoms with Crippen LogP contribution in [0.2, 0.25) is 0 Å². The summed E-state index contributed by atoms with van der Waals surface area (Å²) in [5.74, 6) is 1.08. The van der Waals surface area contributed by atoms with E-state index in [-0.39, 0.29) is 34.6 Å². The van der Waals surface area contributed by atoms with E-state index in [9.17, 15) is 18.0 Å². The van der Waals surface area contributed by atoms with Crippen LogP contribution >= 0.6 is 11.3 Å². The first-order chi connectivity index (χ1) is 18.6. The normalized spacial score (nSPS) is 20.9. The molecule has 3 aromatic rings. The number of hydrogen-bond acceptors (Lipinski definition) is 8. The average Bonchev–Trinajstić information content (AvgIpc) is 3.27. The van der Waals surface area contributed by atoms with Crippen molar-refractivity contribution in [1.82, 2.24) is 18.8 Å². The van der Waals surface area contributed by atoms with E-state index in [2.05, 4.69) is 9.88 Å². The second kappa shape index (κ2) is 10.9. The minimum absolute atomic E-state index is 0.0382. The molecule has 5 rings (SSSR count). The quantitative estimate of drug-likeness (QED) is 0.447. The van der Waals surface area contributed by atoms with Crippen LogP contribution in [0.25, 0.3) is 10.2 Å². The molecule has 2 unspecified atom stereocenters. The van der Waals surface area contributed by atoms with E-state index in [4.69, 9.17) is 4.74 Å². The van der Waals surface area contributed by atoms with Crippen molar-refractivity contribution in [2.75, 3.05) is 51.3 Å². The Bertz CT molecular complexity index is 1510. The van der Waals surface area contributed by atoms with E-state index in [1.807, 2.05) is 38.1 Å². The number of piperazine rings is 1. The number of methoxy groups -OCH3 is 1. The van der Waals surface area contributed by atoms with Gasteiger partial charge in [-0.2, -0.15) is 4.31 Å². The van der Waals surface area contributed by atoms with Gasteiger partial charge in [-0.3, -0.25) is 14.2 Å². The molecule has 1 amide bonds. The molecule has 2 fully saturated rings. The highest BCUT2D eigenvalue weighted by Crippen LogP contribution is 2.35. The SMILES string of the molecule is COc1ccc(N2CCN(C(=O)Cn3cnc4sc(C)c(S(=O)(=O)N5CC(C)CC(C)C5)c4c3=O)CC2)cc1. The van der Waals surface area contributed by atoms with Crippen LogP contribution in [0.3, 0.4) is 0 Å². The molecule has 210 valence electrons. The van der Waals surface area contributed by atoms with Gasteiger partial charge in [0.1, 0.15) is 22.0 Å². The van der Waals surface area contributed by atoms with Crippen molar-refractivity contribution in [2.45, 2.75) is 38.6 Å². The Morgan fingerprint density at radius 2 is 1.72 bits per heavy atom. The molecule has 2 saturated heterocycles. The third-order valence-electron chi connectivity index (χ3n) is 7.61. The summed E-state index contributed by atoms with van der Waals surface area (Å²) in [5, 5.41) is 0.0861. The van der Waals surface area contributed by atoms with Gasteiger partial charge in [0.15, 0.2) is 0 Å². The maximum absolute atomic E-state index is 13.8. The highest BCUT2D eigenvalue weighted by molar-refractivity contribution is 7.89. The molecule has 0 bridgehead atoms. The summed E-state index contributed by atoms with van der Waals surface area (Å²) in [7, 11) is -2.25. The minimum Gasteiger partial charge on any atom is -0.497 e. The second-order valence-corrected chi connectivity index (χ2v) is 13.8. The number of hydrogen-bond donors (Lipinski definition) is 0. The lowest BCUT2D eigenvalue weighted by molar-refractivity contribution is -0.132. The fourth-order valence-electron chi connectivity index (χ4n) is 5.72. The first-order valence-corrected chi connectivity index (χ1v) is 15.5. The second-order valence-electron chi connectivity index (χ2n) is 10.7. The molecule has 12 heteroatoms. The van der Waals surface area contributed by atoms with Gasteiger partial charge in [0, 0.05) is 49.8 Å². The van der Waals surface area contributed by atoms with Crippen molar-refractivity contribution in [3.05, 3.63) is 45.8 Å². The van der Waals surface area contributed by atoms with Crippen LogP contribution in [0.5, 0.6) is 5.75 Å². The smallest absolute Gasteiger partial charge is 0.263 e. The van der Waals surface area contributed by atoms with Crippen LogP contribution in [0.15, 0.2) is 40.3 Å². The summed E-state index contributed by atoms with van der Waals surface area (Å²) in [5.41, 5.74) is 0.569. The van der Waals surface area contributed by atoms with Gasteiger partial charge in [-0.15, -0.1) is 11.3 Å². The number of carbonyl (C=O) groups is 1. The Morgan fingerprint density at radius 3 is 2.33 bits per heavy atom. The lowest BCUT2D eigenvalue weighted by atomic mass is 9.94. The Balaban J connectivity index is 1.34. The van der Waals surface area contributed by atoms with Crippen molar-refractivity contribution in [3.8, 4) is 5.75 Å². The number of carbonyl (C=O) groups excluding carboxylic acids is 1. The van der Waals surface area contributed by atoms with Crippen LogP contribution in [0.4, 0.5) is 5.69 Å². The van der Waals surface area contributed by atoms with E-state index in [0.717, 1.165) is 17.9 Å². The number of amides is 1. The molecule has 2 aromatic heterocycles. The van der Waals surface area contributed by atoms with E-state index in [1.165, 1.54) is 26.5 Å². The Kier molecular flexibility index (Phi) is 7.71. The number of fused-ring (bicyclic) bond motifs is 1. The van der Waals surface area contributed by atoms with Crippen LogP contribution in [-0.4, -0.2) is 79.5 Å². The van der Waals surface area contributed by atoms with Gasteiger partial charge in [-0.25, -0.2) is 13.4 Å². The van der Waals surface area contributed by atoms with E-state index in [0.29, 0.717) is 49.0 Å². The number of ether oxygens (including phenoxy) is 1. The van der Waals surface area contributed by atoms with Gasteiger partial charge in [-0.1, -0.05) is 13.8 Å². The highest BCUT2D eigenvalue weighted by atomic mass is 32.2. The zero-order chi connectivity index (χ0) is 27.9. The van der Waals surface area contributed by atoms with Gasteiger partial charge in [-0.05, 0) is 49.4 Å². The van der Waals surface area contributed by atoms with Gasteiger partial charge in [0.25, 0.3) is 5.56 Å². The van der Waals surface area contributed by atoms with E-state index >= 15 is 0 Å². The first-order valence-electron chi connectivity index (χ1n) is 13.2. The Morgan fingerprint density at radius 1 is 1.08 bits per heavy atom. The maximum atomic E-state index is 13.8. The number of anilines is 1. The molecule has 2 aliphatic rings. The zero-order valence-electron chi connectivity index (χ0n) is 22.8. The third-order valence-corrected chi connectivity index (χ3v) is 10.8. The number of rotatable bonds is 6. The Labute approximate surface area is 232 Å². The number of thiophene rings is 1. The molecule has 0 aliphatic carbocycles. The number of aromatic nitrogens is 2. The van der Waals surface area contributed by atoms with Crippen molar-refractivity contribution < 1.29 is 17.9 Å². The summed E-state index contributed by atoms with van der Waals surface area (Å²) in [6.07, 6.45) is 2.33. The third kappa shape index (κ3) is 5.42. The minimum atomic E-state index is -3.89. The monoisotopic (exact) mass is 573 g/mol. The number of nitrogens with zero attached hydrogens (tertiary/aromatic N) is 5. The fraction of sp³-hybridized carbons (Fsp3) is 0.519. The topological polar surface area (TPSA) is 105 Å². The van der Waals surface area contributed by atoms with Crippen molar-refractivity contribution in [1.29, 1.82) is 0 Å². The van der Waals surface area contributed by atoms with Crippen LogP contribution in [0.1, 0.15) is 25.1 Å². The van der Waals surface area contributed by atoms with Crippen LogP contribution in [0, 0.1) is 18.8 Å². The van der Waals surface area contributed by atoms with Gasteiger partial charge >= 0.3 is 0 Å². The summed E-state index contributed by atoms with van der Waals surface area (Å²) < 4.78 is 35.5. The number of piperidine rings is 1. The number of benzene rings is 1. The van der Waals surface area contributed by atoms with E-state index in [1.54, 1.807) is 18.9 Å². The summed E-state index contributed by atoms with van der Waals surface area (Å²) >= 11 is 1.20. The average molecular weight is 574 g/mol. The van der Waals surface area contributed by atoms with Crippen LogP contribution in [-0.2, 0) is 21.4 Å². The van der Waals surface area contributed by atoms with Crippen molar-refractivity contribution in [2.24, 2.45) is 11.8 Å². The maximum Gasteiger partial charge on any atom is 0.263 e. The summed E-state index contributed by atoms with van der Waals surface area (Å²) in [6.45, 7) is 8.88. The predicted molar refractivity (Wildman–Crippen MR) is 152 cm³/mol. The largest absolute Gasteiger partial charge is 0.497 e. The molecule has 10 nitrogen and oxygen atoms in total. The highest BCUT2D eigenvalue weighted by Gasteiger charge is 2.36. The Hall–Kier alpha value is -2.96. The molecule has 2 aliphatic heterocycles. The molecule has 39 heavy (non-hydrogen) atoms. The lowest BCUT2D eigenvalue weighted by Gasteiger charge is -2.36. The van der Waals surface area contributed by atoms with Crippen LogP contribution < -0.4 is 15.2 Å². The molecule has 0 spiro atoms. The molecular formula is C27H35N5O5S2. The van der Waals surface area contributed by atoms with Crippen molar-refractivity contribution >= 4 is 43.2 Å². The van der Waals surface area contributed by atoms with Crippen molar-refractivity contribution in [3.63, 3.8) is 0 Å². The molecule has 4 heterocycles. The zero-order valence-corrected chi connectivity index (χ0v) is 24.4. The summed E-state index contributed by atoms with van der Waals surface area (Å²) in [6, 6.07) is 7.82. The van der Waals surface area contributed by atoms with Gasteiger partial charge in [0.2, 0.25) is 15.9 Å². The predicted octanol–water partition coefficient (Wildman–Crippen LogP) is 2.79. The molecule has 1 aromatic carbocycles. The van der Waals surface area contributed by atoms with Gasteiger partial charge in [0.05, 0.1) is 18.8 Å².